The molecule has 16 heavy (non-hydrogen) atoms. The molecule has 0 saturated heterocycles. The number of pyridine rings is 1. The molecule has 0 bridgehead atoms. The van der Waals surface area contributed by atoms with Crippen molar-refractivity contribution in [3.05, 3.63) is 30.2 Å². The number of amides is 1. The largest absolute Gasteiger partial charge is 0.504 e. The summed E-state index contributed by atoms with van der Waals surface area (Å²) in [6.45, 7) is 0. The summed E-state index contributed by atoms with van der Waals surface area (Å²) < 4.78 is 1.41. The van der Waals surface area contributed by atoms with E-state index < -0.39 is 5.91 Å². The van der Waals surface area contributed by atoms with Gasteiger partial charge in [-0.25, -0.2) is 4.98 Å². The molecular weight excluding hydrogens is 210 g/mol. The van der Waals surface area contributed by atoms with Gasteiger partial charge in [0.1, 0.15) is 0 Å². The summed E-state index contributed by atoms with van der Waals surface area (Å²) in [5, 5.41) is 19.1. The van der Waals surface area contributed by atoms with E-state index in [9.17, 15) is 9.90 Å². The number of aryl methyl sites for hydroxylation is 1. The lowest BCUT2D eigenvalue weighted by atomic mass is 10.4. The van der Waals surface area contributed by atoms with E-state index in [1.807, 2.05) is 0 Å². The van der Waals surface area contributed by atoms with Crippen molar-refractivity contribution in [1.29, 1.82) is 0 Å². The van der Waals surface area contributed by atoms with Gasteiger partial charge < -0.3 is 10.4 Å². The third-order valence-corrected chi connectivity index (χ3v) is 1.85. The summed E-state index contributed by atoms with van der Waals surface area (Å²) in [6, 6.07) is 2.99. The lowest BCUT2D eigenvalue weighted by Crippen LogP contribution is -2.13. The van der Waals surface area contributed by atoms with E-state index in [4.69, 9.17) is 0 Å². The van der Waals surface area contributed by atoms with Crippen LogP contribution >= 0.6 is 0 Å². The Balaban J connectivity index is 2.17. The van der Waals surface area contributed by atoms with Crippen LogP contribution in [0, 0.1) is 0 Å². The highest BCUT2D eigenvalue weighted by Gasteiger charge is 2.12. The van der Waals surface area contributed by atoms with E-state index in [0.717, 1.165) is 0 Å². The van der Waals surface area contributed by atoms with E-state index in [-0.39, 0.29) is 17.3 Å². The second-order valence-corrected chi connectivity index (χ2v) is 3.10. The van der Waals surface area contributed by atoms with Crippen molar-refractivity contribution >= 4 is 11.7 Å². The molecule has 0 unspecified atom stereocenters. The first-order valence-corrected chi connectivity index (χ1v) is 4.48. The Hall–Kier alpha value is -2.44. The molecule has 2 aromatic rings. The van der Waals surface area contributed by atoms with E-state index >= 15 is 0 Å². The van der Waals surface area contributed by atoms with Crippen molar-refractivity contribution in [2.45, 2.75) is 0 Å². The average molecular weight is 219 g/mol. The van der Waals surface area contributed by atoms with Gasteiger partial charge >= 0.3 is 0 Å². The number of carbonyl (C=O) groups is 1. The van der Waals surface area contributed by atoms with Crippen molar-refractivity contribution in [3.63, 3.8) is 0 Å². The van der Waals surface area contributed by atoms with Gasteiger partial charge in [0.25, 0.3) is 5.91 Å². The Labute approximate surface area is 90.7 Å². The number of carbonyl (C=O) groups excluding carboxylic acids is 1. The molecule has 0 aliphatic carbocycles. The highest BCUT2D eigenvalue weighted by Crippen LogP contribution is 2.18. The minimum absolute atomic E-state index is 0.0955. The molecule has 2 N–H and O–H groups in total. The van der Waals surface area contributed by atoms with Gasteiger partial charge in [0.2, 0.25) is 0 Å². The lowest BCUT2D eigenvalue weighted by molar-refractivity contribution is 0.102. The smallest absolute Gasteiger partial charge is 0.279 e. The maximum absolute atomic E-state index is 11.6. The van der Waals surface area contributed by atoms with Gasteiger partial charge in [-0.05, 0) is 12.1 Å². The van der Waals surface area contributed by atoms with Crippen LogP contribution in [0.15, 0.2) is 24.5 Å². The predicted octanol–water partition coefficient (Wildman–Crippen LogP) is 0.168. The Morgan fingerprint density at radius 3 is 3.00 bits per heavy atom. The van der Waals surface area contributed by atoms with Crippen molar-refractivity contribution in [2.24, 2.45) is 7.05 Å². The number of aromatic hydroxyl groups is 1. The number of anilines is 1. The fraction of sp³-hybridized carbons (Fsp3) is 0.111. The SMILES string of the molecule is Cn1cc(C(=O)Nc2ncccc2O)nn1. The van der Waals surface area contributed by atoms with Gasteiger partial charge in [-0.2, -0.15) is 0 Å². The van der Waals surface area contributed by atoms with Crippen LogP contribution in [0.1, 0.15) is 10.5 Å². The zero-order valence-corrected chi connectivity index (χ0v) is 8.45. The van der Waals surface area contributed by atoms with Gasteiger partial charge in [0.15, 0.2) is 17.3 Å². The molecule has 0 aliphatic heterocycles. The summed E-state index contributed by atoms with van der Waals surface area (Å²) in [7, 11) is 1.65. The van der Waals surface area contributed by atoms with Crippen LogP contribution in [0.2, 0.25) is 0 Å². The number of hydrogen-bond acceptors (Lipinski definition) is 5. The van der Waals surface area contributed by atoms with Crippen molar-refractivity contribution < 1.29 is 9.90 Å². The molecule has 7 heteroatoms. The van der Waals surface area contributed by atoms with Crippen LogP contribution in [0.4, 0.5) is 5.82 Å². The van der Waals surface area contributed by atoms with Crippen LogP contribution in [-0.2, 0) is 7.05 Å². The monoisotopic (exact) mass is 219 g/mol. The number of hydrogen-bond donors (Lipinski definition) is 2. The normalized spacial score (nSPS) is 10.1. The maximum atomic E-state index is 11.6. The standard InChI is InChI=1S/C9H9N5O2/c1-14-5-6(12-13-14)9(16)11-8-7(15)3-2-4-10-8/h2-5,15H,1H3,(H,10,11,16). The van der Waals surface area contributed by atoms with E-state index in [2.05, 4.69) is 20.6 Å². The number of rotatable bonds is 2. The summed E-state index contributed by atoms with van der Waals surface area (Å²) in [5.74, 6) is -0.472. The molecule has 2 heterocycles. The molecule has 0 aliphatic rings. The molecule has 0 saturated carbocycles. The summed E-state index contributed by atoms with van der Waals surface area (Å²) in [4.78, 5) is 15.4. The van der Waals surface area contributed by atoms with E-state index in [1.165, 1.54) is 23.1 Å². The quantitative estimate of drug-likeness (QED) is 0.750. The van der Waals surface area contributed by atoms with Crippen molar-refractivity contribution in [2.75, 3.05) is 5.32 Å². The zero-order valence-electron chi connectivity index (χ0n) is 8.45. The van der Waals surface area contributed by atoms with Gasteiger partial charge in [-0.3, -0.25) is 9.48 Å². The third kappa shape index (κ3) is 1.97. The molecular formula is C9H9N5O2. The summed E-state index contributed by atoms with van der Waals surface area (Å²) in [5.41, 5.74) is 0.160. The highest BCUT2D eigenvalue weighted by atomic mass is 16.3. The van der Waals surface area contributed by atoms with Crippen molar-refractivity contribution in [3.8, 4) is 5.75 Å². The first-order chi connectivity index (χ1) is 7.66. The van der Waals surface area contributed by atoms with E-state index in [0.29, 0.717) is 0 Å². The molecule has 0 fully saturated rings. The molecule has 1 amide bonds. The fourth-order valence-electron chi connectivity index (χ4n) is 1.12. The Morgan fingerprint density at radius 2 is 2.38 bits per heavy atom. The predicted molar refractivity (Wildman–Crippen MR) is 54.9 cm³/mol. The van der Waals surface area contributed by atoms with Crippen LogP contribution in [-0.4, -0.2) is 31.0 Å². The van der Waals surface area contributed by atoms with Gasteiger partial charge in [0, 0.05) is 13.2 Å². The fourth-order valence-corrected chi connectivity index (χ4v) is 1.12. The van der Waals surface area contributed by atoms with Crippen LogP contribution in [0.3, 0.4) is 0 Å². The van der Waals surface area contributed by atoms with Crippen LogP contribution in [0.25, 0.3) is 0 Å². The number of nitrogens with one attached hydrogen (secondary N) is 1. The minimum atomic E-state index is -0.470. The molecule has 2 rings (SSSR count). The summed E-state index contributed by atoms with van der Waals surface area (Å²) >= 11 is 0. The van der Waals surface area contributed by atoms with Gasteiger partial charge in [-0.15, -0.1) is 5.10 Å². The molecule has 0 aromatic carbocycles. The molecule has 0 radical (unpaired) electrons. The molecule has 0 spiro atoms. The molecule has 7 nitrogen and oxygen atoms in total. The average Bonchev–Trinajstić information content (AvgIpc) is 2.68. The highest BCUT2D eigenvalue weighted by molar-refractivity contribution is 6.02. The van der Waals surface area contributed by atoms with Crippen LogP contribution in [0.5, 0.6) is 5.75 Å². The Kier molecular flexibility index (Phi) is 2.50. The summed E-state index contributed by atoms with van der Waals surface area (Å²) in [6.07, 6.45) is 2.93. The lowest BCUT2D eigenvalue weighted by Gasteiger charge is -2.02. The number of nitrogens with zero attached hydrogens (tertiary/aromatic N) is 4. The Bertz CT molecular complexity index is 522. The second-order valence-electron chi connectivity index (χ2n) is 3.10. The van der Waals surface area contributed by atoms with Crippen molar-refractivity contribution in [1.82, 2.24) is 20.0 Å². The number of aromatic nitrogens is 4. The van der Waals surface area contributed by atoms with Crippen LogP contribution < -0.4 is 5.32 Å². The zero-order chi connectivity index (χ0) is 11.5. The Morgan fingerprint density at radius 1 is 1.56 bits per heavy atom. The second kappa shape index (κ2) is 3.97. The minimum Gasteiger partial charge on any atom is -0.504 e. The van der Waals surface area contributed by atoms with Gasteiger partial charge in [0.05, 0.1) is 6.20 Å². The molecule has 2 aromatic heterocycles. The maximum Gasteiger partial charge on any atom is 0.279 e. The topological polar surface area (TPSA) is 92.9 Å². The van der Waals surface area contributed by atoms with Gasteiger partial charge in [-0.1, -0.05) is 5.21 Å². The third-order valence-electron chi connectivity index (χ3n) is 1.85. The first-order valence-electron chi connectivity index (χ1n) is 4.48. The molecule has 82 valence electrons. The molecule has 0 atom stereocenters. The first kappa shape index (κ1) is 10.1. The van der Waals surface area contributed by atoms with E-state index in [1.54, 1.807) is 13.1 Å².